The number of thiazole rings is 1. The molecule has 0 saturated heterocycles. The standard InChI is InChI=1S/C22H24N2O6S2/c1-4-29-16-8-6-15(7-9-16)12-20(25)23-22-24(14-21(26)30-5-2)18-11-10-17(32(3,27)28)13-19(18)31-22/h6-11,13H,4-5,12,14H2,1-3H3. The third-order valence-electron chi connectivity index (χ3n) is 4.48. The van der Waals surface area contributed by atoms with Crippen molar-refractivity contribution in [1.29, 1.82) is 0 Å². The number of rotatable bonds is 8. The van der Waals surface area contributed by atoms with Crippen LogP contribution in [0, 0.1) is 0 Å². The Labute approximate surface area is 190 Å². The molecule has 1 amide bonds. The summed E-state index contributed by atoms with van der Waals surface area (Å²) in [7, 11) is -3.40. The quantitative estimate of drug-likeness (QED) is 0.463. The highest BCUT2D eigenvalue weighted by atomic mass is 32.2. The molecule has 0 radical (unpaired) electrons. The van der Waals surface area contributed by atoms with E-state index in [0.717, 1.165) is 28.9 Å². The van der Waals surface area contributed by atoms with Gasteiger partial charge in [0.05, 0.1) is 34.7 Å². The normalized spacial score (nSPS) is 12.2. The number of hydrogen-bond acceptors (Lipinski definition) is 7. The van der Waals surface area contributed by atoms with E-state index in [0.29, 0.717) is 21.6 Å². The van der Waals surface area contributed by atoms with Crippen molar-refractivity contribution < 1.29 is 27.5 Å². The number of sulfone groups is 1. The molecule has 3 rings (SSSR count). The highest BCUT2D eigenvalue weighted by Crippen LogP contribution is 2.22. The lowest BCUT2D eigenvalue weighted by Gasteiger charge is -2.06. The van der Waals surface area contributed by atoms with Gasteiger partial charge in [0.15, 0.2) is 14.6 Å². The fourth-order valence-electron chi connectivity index (χ4n) is 3.05. The van der Waals surface area contributed by atoms with E-state index in [4.69, 9.17) is 9.47 Å². The van der Waals surface area contributed by atoms with Crippen molar-refractivity contribution >= 4 is 43.3 Å². The van der Waals surface area contributed by atoms with Gasteiger partial charge < -0.3 is 14.0 Å². The van der Waals surface area contributed by atoms with Crippen molar-refractivity contribution in [3.05, 3.63) is 52.8 Å². The molecule has 32 heavy (non-hydrogen) atoms. The number of fused-ring (bicyclic) bond motifs is 1. The summed E-state index contributed by atoms with van der Waals surface area (Å²) in [6.45, 7) is 4.25. The van der Waals surface area contributed by atoms with Crippen LogP contribution in [0.2, 0.25) is 0 Å². The Morgan fingerprint density at radius 2 is 1.78 bits per heavy atom. The van der Waals surface area contributed by atoms with Gasteiger partial charge in [0, 0.05) is 6.26 Å². The molecular formula is C22H24N2O6S2. The predicted octanol–water partition coefficient (Wildman–Crippen LogP) is 2.74. The number of esters is 1. The zero-order chi connectivity index (χ0) is 23.3. The van der Waals surface area contributed by atoms with Gasteiger partial charge in [0.2, 0.25) is 0 Å². The summed E-state index contributed by atoms with van der Waals surface area (Å²) in [5.41, 5.74) is 1.38. The molecule has 0 unspecified atom stereocenters. The third-order valence-corrected chi connectivity index (χ3v) is 6.64. The highest BCUT2D eigenvalue weighted by molar-refractivity contribution is 7.90. The van der Waals surface area contributed by atoms with Crippen LogP contribution in [0.25, 0.3) is 10.2 Å². The number of ether oxygens (including phenoxy) is 2. The Morgan fingerprint density at radius 3 is 2.41 bits per heavy atom. The first kappa shape index (κ1) is 23.7. The van der Waals surface area contributed by atoms with Crippen molar-refractivity contribution in [2.45, 2.75) is 31.7 Å². The molecule has 0 saturated carbocycles. The fraction of sp³-hybridized carbons (Fsp3) is 0.318. The molecule has 0 fully saturated rings. The lowest BCUT2D eigenvalue weighted by atomic mass is 10.1. The van der Waals surface area contributed by atoms with Crippen molar-refractivity contribution in [3.8, 4) is 5.75 Å². The van der Waals surface area contributed by atoms with E-state index >= 15 is 0 Å². The Kier molecular flexibility index (Phi) is 7.47. The van der Waals surface area contributed by atoms with Crippen LogP contribution < -0.4 is 9.54 Å². The Morgan fingerprint density at radius 1 is 1.06 bits per heavy atom. The van der Waals surface area contributed by atoms with Crippen LogP contribution in [0.1, 0.15) is 19.4 Å². The maximum atomic E-state index is 12.6. The average Bonchev–Trinajstić information content (AvgIpc) is 3.05. The number of amides is 1. The minimum Gasteiger partial charge on any atom is -0.494 e. The Balaban J connectivity index is 1.99. The third kappa shape index (κ3) is 5.83. The monoisotopic (exact) mass is 476 g/mol. The number of benzene rings is 2. The summed E-state index contributed by atoms with van der Waals surface area (Å²) in [6.07, 6.45) is 1.20. The summed E-state index contributed by atoms with van der Waals surface area (Å²) < 4.78 is 36.4. The van der Waals surface area contributed by atoms with E-state index in [9.17, 15) is 18.0 Å². The zero-order valence-corrected chi connectivity index (χ0v) is 19.7. The van der Waals surface area contributed by atoms with Crippen LogP contribution in [0.15, 0.2) is 52.4 Å². The number of hydrogen-bond donors (Lipinski definition) is 0. The van der Waals surface area contributed by atoms with Gasteiger partial charge in [-0.25, -0.2) is 8.42 Å². The molecule has 0 spiro atoms. The largest absolute Gasteiger partial charge is 0.494 e. The molecule has 170 valence electrons. The summed E-state index contributed by atoms with van der Waals surface area (Å²) in [5.74, 6) is -0.138. The van der Waals surface area contributed by atoms with Crippen molar-refractivity contribution in [2.75, 3.05) is 19.5 Å². The molecule has 2 aromatic carbocycles. The Bertz CT molecular complexity index is 1300. The van der Waals surface area contributed by atoms with Gasteiger partial charge in [0.1, 0.15) is 12.3 Å². The first-order valence-corrected chi connectivity index (χ1v) is 12.7. The molecule has 0 N–H and O–H groups in total. The SMILES string of the molecule is CCOC(=O)Cn1c(=NC(=O)Cc2ccc(OCC)cc2)sc2cc(S(C)(=O)=O)ccc21. The van der Waals surface area contributed by atoms with Gasteiger partial charge in [-0.15, -0.1) is 0 Å². The minimum absolute atomic E-state index is 0.0780. The number of aromatic nitrogens is 1. The Hall–Kier alpha value is -2.98. The zero-order valence-electron chi connectivity index (χ0n) is 18.0. The maximum Gasteiger partial charge on any atom is 0.326 e. The van der Waals surface area contributed by atoms with E-state index in [1.54, 1.807) is 41.8 Å². The molecule has 0 bridgehead atoms. The highest BCUT2D eigenvalue weighted by Gasteiger charge is 2.15. The predicted molar refractivity (Wildman–Crippen MR) is 121 cm³/mol. The summed E-state index contributed by atoms with van der Waals surface area (Å²) in [5, 5.41) is 0. The topological polar surface area (TPSA) is 104 Å². The second kappa shape index (κ2) is 10.1. The molecule has 0 aliphatic rings. The number of nitrogens with zero attached hydrogens (tertiary/aromatic N) is 2. The molecule has 10 heteroatoms. The molecule has 8 nitrogen and oxygen atoms in total. The first-order valence-electron chi connectivity index (χ1n) is 9.99. The molecular weight excluding hydrogens is 452 g/mol. The van der Waals surface area contributed by atoms with Gasteiger partial charge in [0.25, 0.3) is 5.91 Å². The van der Waals surface area contributed by atoms with Gasteiger partial charge in [-0.3, -0.25) is 9.59 Å². The summed E-state index contributed by atoms with van der Waals surface area (Å²) >= 11 is 1.15. The first-order chi connectivity index (χ1) is 15.2. The van der Waals surface area contributed by atoms with Crippen LogP contribution in [0.3, 0.4) is 0 Å². The van der Waals surface area contributed by atoms with Gasteiger partial charge in [-0.1, -0.05) is 23.5 Å². The van der Waals surface area contributed by atoms with Crippen LogP contribution in [-0.4, -0.2) is 44.3 Å². The molecule has 3 aromatic rings. The van der Waals surface area contributed by atoms with Crippen LogP contribution in [-0.2, 0) is 37.1 Å². The van der Waals surface area contributed by atoms with Crippen molar-refractivity contribution in [3.63, 3.8) is 0 Å². The van der Waals surface area contributed by atoms with Crippen molar-refractivity contribution in [1.82, 2.24) is 4.57 Å². The van der Waals surface area contributed by atoms with Crippen molar-refractivity contribution in [2.24, 2.45) is 4.99 Å². The second-order valence-electron chi connectivity index (χ2n) is 6.94. The van der Waals surface area contributed by atoms with Gasteiger partial charge in [-0.05, 0) is 49.7 Å². The molecule has 0 atom stereocenters. The van der Waals surface area contributed by atoms with Gasteiger partial charge in [-0.2, -0.15) is 4.99 Å². The summed E-state index contributed by atoms with van der Waals surface area (Å²) in [4.78, 5) is 29.4. The maximum absolute atomic E-state index is 12.6. The van der Waals surface area contributed by atoms with E-state index in [1.807, 2.05) is 6.92 Å². The molecule has 1 aromatic heterocycles. The molecule has 1 heterocycles. The number of carbonyl (C=O) groups excluding carboxylic acids is 2. The van der Waals surface area contributed by atoms with Crippen LogP contribution >= 0.6 is 11.3 Å². The lowest BCUT2D eigenvalue weighted by molar-refractivity contribution is -0.143. The smallest absolute Gasteiger partial charge is 0.326 e. The van der Waals surface area contributed by atoms with E-state index in [-0.39, 0.29) is 30.4 Å². The van der Waals surface area contributed by atoms with E-state index in [2.05, 4.69) is 4.99 Å². The average molecular weight is 477 g/mol. The number of carbonyl (C=O) groups is 2. The lowest BCUT2D eigenvalue weighted by Crippen LogP contribution is -2.23. The minimum atomic E-state index is -3.40. The van der Waals surface area contributed by atoms with Gasteiger partial charge >= 0.3 is 5.97 Å². The summed E-state index contributed by atoms with van der Waals surface area (Å²) in [6, 6.07) is 11.8. The van der Waals surface area contributed by atoms with E-state index < -0.39 is 15.8 Å². The second-order valence-corrected chi connectivity index (χ2v) is 9.96. The fourth-order valence-corrected chi connectivity index (χ4v) is 4.86. The van der Waals surface area contributed by atoms with Crippen LogP contribution in [0.5, 0.6) is 5.75 Å². The molecule has 0 aliphatic carbocycles. The van der Waals surface area contributed by atoms with E-state index in [1.165, 1.54) is 12.1 Å². The van der Waals surface area contributed by atoms with Crippen LogP contribution in [0.4, 0.5) is 0 Å². The molecule has 0 aliphatic heterocycles.